The van der Waals surface area contributed by atoms with Crippen LogP contribution in [0.4, 0.5) is 0 Å². The standard InChI is InChI=1S/C14H19ClN2O/c1-9(2)14(4-5-14)8-16-13(18)11-6-10(3)17-12(15)7-11/h6-7,9H,4-5,8H2,1-3H3,(H,16,18). The fourth-order valence-electron chi connectivity index (χ4n) is 2.24. The van der Waals surface area contributed by atoms with Gasteiger partial charge in [0.25, 0.3) is 5.91 Å². The Morgan fingerprint density at radius 1 is 1.50 bits per heavy atom. The second kappa shape index (κ2) is 4.88. The number of pyridine rings is 1. The summed E-state index contributed by atoms with van der Waals surface area (Å²) in [6, 6.07) is 3.37. The molecule has 1 aromatic rings. The first-order valence-corrected chi connectivity index (χ1v) is 6.73. The van der Waals surface area contributed by atoms with Gasteiger partial charge in [-0.1, -0.05) is 25.4 Å². The SMILES string of the molecule is Cc1cc(C(=O)NCC2(C(C)C)CC2)cc(Cl)n1. The second-order valence-corrected chi connectivity index (χ2v) is 5.91. The summed E-state index contributed by atoms with van der Waals surface area (Å²) in [6.45, 7) is 7.01. The van der Waals surface area contributed by atoms with Crippen molar-refractivity contribution in [3.05, 3.63) is 28.5 Å². The van der Waals surface area contributed by atoms with E-state index in [2.05, 4.69) is 24.1 Å². The van der Waals surface area contributed by atoms with E-state index in [9.17, 15) is 4.79 Å². The third-order valence-corrected chi connectivity index (χ3v) is 4.10. The first kappa shape index (κ1) is 13.3. The molecule has 0 spiro atoms. The lowest BCUT2D eigenvalue weighted by Crippen LogP contribution is -2.32. The number of halogens is 1. The lowest BCUT2D eigenvalue weighted by molar-refractivity contribution is 0.0939. The Morgan fingerprint density at radius 2 is 2.17 bits per heavy atom. The zero-order chi connectivity index (χ0) is 13.3. The van der Waals surface area contributed by atoms with Crippen molar-refractivity contribution >= 4 is 17.5 Å². The number of aryl methyl sites for hydroxylation is 1. The molecular weight excluding hydrogens is 248 g/mol. The molecule has 1 aromatic heterocycles. The summed E-state index contributed by atoms with van der Waals surface area (Å²) in [5.41, 5.74) is 1.67. The van der Waals surface area contributed by atoms with Crippen LogP contribution in [0.5, 0.6) is 0 Å². The van der Waals surface area contributed by atoms with Crippen molar-refractivity contribution in [2.75, 3.05) is 6.54 Å². The van der Waals surface area contributed by atoms with E-state index >= 15 is 0 Å². The molecule has 0 unspecified atom stereocenters. The van der Waals surface area contributed by atoms with Gasteiger partial charge in [-0.15, -0.1) is 0 Å². The highest BCUT2D eigenvalue weighted by molar-refractivity contribution is 6.29. The van der Waals surface area contributed by atoms with Crippen LogP contribution in [0.3, 0.4) is 0 Å². The zero-order valence-electron chi connectivity index (χ0n) is 11.1. The van der Waals surface area contributed by atoms with Crippen LogP contribution < -0.4 is 5.32 Å². The Hall–Kier alpha value is -1.09. The molecule has 1 amide bonds. The van der Waals surface area contributed by atoms with Crippen molar-refractivity contribution in [1.82, 2.24) is 10.3 Å². The van der Waals surface area contributed by atoms with Crippen LogP contribution in [0.15, 0.2) is 12.1 Å². The average molecular weight is 267 g/mol. The normalized spacial score (nSPS) is 16.7. The summed E-state index contributed by atoms with van der Waals surface area (Å²) < 4.78 is 0. The van der Waals surface area contributed by atoms with Crippen LogP contribution in [0.25, 0.3) is 0 Å². The molecule has 18 heavy (non-hydrogen) atoms. The molecule has 1 aliphatic carbocycles. The molecule has 1 aliphatic rings. The lowest BCUT2D eigenvalue weighted by atomic mass is 9.92. The van der Waals surface area contributed by atoms with Gasteiger partial charge in [0.2, 0.25) is 0 Å². The van der Waals surface area contributed by atoms with Crippen molar-refractivity contribution in [2.24, 2.45) is 11.3 Å². The van der Waals surface area contributed by atoms with Gasteiger partial charge < -0.3 is 5.32 Å². The van der Waals surface area contributed by atoms with Crippen molar-refractivity contribution in [1.29, 1.82) is 0 Å². The van der Waals surface area contributed by atoms with E-state index in [-0.39, 0.29) is 5.91 Å². The van der Waals surface area contributed by atoms with Gasteiger partial charge in [0.05, 0.1) is 0 Å². The molecular formula is C14H19ClN2O. The van der Waals surface area contributed by atoms with E-state index in [1.807, 2.05) is 6.92 Å². The lowest BCUT2D eigenvalue weighted by Gasteiger charge is -2.20. The number of nitrogens with one attached hydrogen (secondary N) is 1. The fraction of sp³-hybridized carbons (Fsp3) is 0.571. The third-order valence-electron chi connectivity index (χ3n) is 3.90. The summed E-state index contributed by atoms with van der Waals surface area (Å²) >= 11 is 5.86. The highest BCUT2D eigenvalue weighted by Crippen LogP contribution is 2.51. The van der Waals surface area contributed by atoms with Crippen molar-refractivity contribution in [2.45, 2.75) is 33.6 Å². The van der Waals surface area contributed by atoms with Crippen LogP contribution in [0.1, 0.15) is 42.7 Å². The number of carbonyl (C=O) groups is 1. The Kier molecular flexibility index (Phi) is 3.62. The zero-order valence-corrected chi connectivity index (χ0v) is 11.8. The van der Waals surface area contributed by atoms with Crippen LogP contribution in [0.2, 0.25) is 5.15 Å². The Labute approximate surface area is 113 Å². The molecule has 0 atom stereocenters. The predicted octanol–water partition coefficient (Wildman–Crippen LogP) is 3.21. The van der Waals surface area contributed by atoms with Gasteiger partial charge in [-0.3, -0.25) is 4.79 Å². The highest BCUT2D eigenvalue weighted by Gasteiger charge is 2.45. The smallest absolute Gasteiger partial charge is 0.251 e. The maximum atomic E-state index is 12.0. The van der Waals surface area contributed by atoms with Crippen LogP contribution in [-0.4, -0.2) is 17.4 Å². The Balaban J connectivity index is 2.00. The van der Waals surface area contributed by atoms with E-state index in [0.717, 1.165) is 12.2 Å². The number of hydrogen-bond acceptors (Lipinski definition) is 2. The average Bonchev–Trinajstić information content (AvgIpc) is 3.05. The largest absolute Gasteiger partial charge is 0.351 e. The monoisotopic (exact) mass is 266 g/mol. The molecule has 0 bridgehead atoms. The molecule has 1 fully saturated rings. The van der Waals surface area contributed by atoms with E-state index in [4.69, 9.17) is 11.6 Å². The van der Waals surface area contributed by atoms with Crippen molar-refractivity contribution in [3.63, 3.8) is 0 Å². The molecule has 2 rings (SSSR count). The molecule has 0 aromatic carbocycles. The number of amides is 1. The van der Waals surface area contributed by atoms with Crippen molar-refractivity contribution in [3.8, 4) is 0 Å². The maximum absolute atomic E-state index is 12.0. The van der Waals surface area contributed by atoms with Crippen LogP contribution in [-0.2, 0) is 0 Å². The van der Waals surface area contributed by atoms with E-state index in [0.29, 0.717) is 22.0 Å². The molecule has 1 N–H and O–H groups in total. The molecule has 0 aliphatic heterocycles. The number of aromatic nitrogens is 1. The van der Waals surface area contributed by atoms with Gasteiger partial charge in [-0.25, -0.2) is 4.98 Å². The summed E-state index contributed by atoms with van der Waals surface area (Å²) in [6.07, 6.45) is 2.42. The van der Waals surface area contributed by atoms with Gasteiger partial charge >= 0.3 is 0 Å². The predicted molar refractivity (Wildman–Crippen MR) is 72.8 cm³/mol. The maximum Gasteiger partial charge on any atom is 0.251 e. The summed E-state index contributed by atoms with van der Waals surface area (Å²) in [5, 5.41) is 3.38. The molecule has 1 heterocycles. The number of carbonyl (C=O) groups excluding carboxylic acids is 1. The summed E-state index contributed by atoms with van der Waals surface area (Å²) in [4.78, 5) is 16.1. The van der Waals surface area contributed by atoms with Gasteiger partial charge in [-0.05, 0) is 43.2 Å². The first-order chi connectivity index (χ1) is 8.43. The van der Waals surface area contributed by atoms with Crippen molar-refractivity contribution < 1.29 is 4.79 Å². The molecule has 0 saturated heterocycles. The molecule has 4 heteroatoms. The molecule has 3 nitrogen and oxygen atoms in total. The molecule has 1 saturated carbocycles. The minimum absolute atomic E-state index is 0.0608. The number of rotatable bonds is 4. The quantitative estimate of drug-likeness (QED) is 0.851. The van der Waals surface area contributed by atoms with Gasteiger partial charge in [0, 0.05) is 17.8 Å². The van der Waals surface area contributed by atoms with Gasteiger partial charge in [-0.2, -0.15) is 0 Å². The number of nitrogens with zero attached hydrogens (tertiary/aromatic N) is 1. The van der Waals surface area contributed by atoms with E-state index < -0.39 is 0 Å². The van der Waals surface area contributed by atoms with Crippen LogP contribution >= 0.6 is 11.6 Å². The second-order valence-electron chi connectivity index (χ2n) is 5.52. The summed E-state index contributed by atoms with van der Waals surface area (Å²) in [7, 11) is 0. The molecule has 0 radical (unpaired) electrons. The minimum atomic E-state index is -0.0608. The summed E-state index contributed by atoms with van der Waals surface area (Å²) in [5.74, 6) is 0.551. The number of hydrogen-bond donors (Lipinski definition) is 1. The Bertz CT molecular complexity index is 447. The van der Waals surface area contributed by atoms with Gasteiger partial charge in [0.15, 0.2) is 0 Å². The Morgan fingerprint density at radius 3 is 2.67 bits per heavy atom. The van der Waals surface area contributed by atoms with E-state index in [1.54, 1.807) is 12.1 Å². The molecule has 98 valence electrons. The third kappa shape index (κ3) is 2.83. The van der Waals surface area contributed by atoms with Crippen LogP contribution in [0, 0.1) is 18.3 Å². The minimum Gasteiger partial charge on any atom is -0.351 e. The van der Waals surface area contributed by atoms with E-state index in [1.165, 1.54) is 12.8 Å². The fourth-order valence-corrected chi connectivity index (χ4v) is 2.49. The van der Waals surface area contributed by atoms with Gasteiger partial charge in [0.1, 0.15) is 5.15 Å². The topological polar surface area (TPSA) is 42.0 Å². The first-order valence-electron chi connectivity index (χ1n) is 6.35. The highest BCUT2D eigenvalue weighted by atomic mass is 35.5.